The number of hydrogen-bond acceptors (Lipinski definition) is 4. The second-order valence-corrected chi connectivity index (χ2v) is 10.8. The lowest BCUT2D eigenvalue weighted by molar-refractivity contribution is -0.121. The predicted molar refractivity (Wildman–Crippen MR) is 140 cm³/mol. The highest BCUT2D eigenvalue weighted by Crippen LogP contribution is 2.42. The molecule has 0 aromatic heterocycles. The van der Waals surface area contributed by atoms with Gasteiger partial charge in [0.2, 0.25) is 5.91 Å². The van der Waals surface area contributed by atoms with E-state index in [0.29, 0.717) is 13.0 Å². The Labute approximate surface area is 202 Å². The van der Waals surface area contributed by atoms with Crippen molar-refractivity contribution in [2.24, 2.45) is 0 Å². The predicted octanol–water partition coefficient (Wildman–Crippen LogP) is 7.13. The third-order valence-electron chi connectivity index (χ3n) is 4.93. The maximum Gasteiger partial charge on any atom is 0.324 e. The molecule has 5 nitrogen and oxygen atoms in total. The number of allylic oxidation sites excluding steroid dienone is 6. The number of carbonyl (C=O) groups is 1. The molecule has 0 saturated heterocycles. The van der Waals surface area contributed by atoms with E-state index in [0.717, 1.165) is 70.8 Å². The quantitative estimate of drug-likeness (QED) is 0.0965. The molecule has 1 unspecified atom stereocenters. The molecule has 0 aliphatic heterocycles. The van der Waals surface area contributed by atoms with Crippen molar-refractivity contribution in [3.05, 3.63) is 36.5 Å². The molecular weight excluding hydrogens is 441 g/mol. The van der Waals surface area contributed by atoms with Crippen LogP contribution in [0.25, 0.3) is 0 Å². The monoisotopic (exact) mass is 487 g/mol. The first kappa shape index (κ1) is 31.2. The first-order chi connectivity index (χ1) is 15.5. The van der Waals surface area contributed by atoms with Gasteiger partial charge in [-0.2, -0.15) is 0 Å². The highest BCUT2D eigenvalue weighted by atomic mass is 32.5. The van der Waals surface area contributed by atoms with Gasteiger partial charge in [0.25, 0.3) is 0 Å². The molecule has 186 valence electrons. The lowest BCUT2D eigenvalue weighted by Gasteiger charge is -2.12. The molecular formula is C25H46NO4PS. The Kier molecular flexibility index (Phi) is 22.8. The van der Waals surface area contributed by atoms with Crippen LogP contribution in [-0.2, 0) is 25.6 Å². The molecule has 2 N–H and O–H groups in total. The Bertz CT molecular complexity index is 578. The van der Waals surface area contributed by atoms with Crippen molar-refractivity contribution in [3.63, 3.8) is 0 Å². The standard InChI is InChI=1S/C25H46NO4PS/c1-3-4-5-6-7-8-9-10-11-12-13-14-15-16-19-22-25(27)26-23-20-17-18-21-24-30-31(28,32)29-2/h4-5,7-8,10-11H,3,6,9,12-24H2,1-2H3,(H,26,27)(H,28,32)/b5-4-,8-7-,11-10-. The molecule has 0 aliphatic rings. The first-order valence-corrected chi connectivity index (χ1v) is 14.9. The summed E-state index contributed by atoms with van der Waals surface area (Å²) in [5, 5.41) is 3.00. The van der Waals surface area contributed by atoms with E-state index in [1.54, 1.807) is 0 Å². The van der Waals surface area contributed by atoms with E-state index in [4.69, 9.17) is 20.9 Å². The van der Waals surface area contributed by atoms with Gasteiger partial charge in [-0.25, -0.2) is 0 Å². The molecule has 0 radical (unpaired) electrons. The lowest BCUT2D eigenvalue weighted by Crippen LogP contribution is -2.23. The summed E-state index contributed by atoms with van der Waals surface area (Å²) in [6.45, 7) is 0.288. The first-order valence-electron chi connectivity index (χ1n) is 12.3. The lowest BCUT2D eigenvalue weighted by atomic mass is 10.1. The van der Waals surface area contributed by atoms with Gasteiger partial charge >= 0.3 is 6.72 Å². The van der Waals surface area contributed by atoms with E-state index in [1.165, 1.54) is 26.4 Å². The fourth-order valence-corrected chi connectivity index (χ4v) is 3.72. The van der Waals surface area contributed by atoms with Gasteiger partial charge < -0.3 is 19.3 Å². The van der Waals surface area contributed by atoms with Gasteiger partial charge in [0.1, 0.15) is 0 Å². The molecule has 0 bridgehead atoms. The number of carbonyl (C=O) groups excluding carboxylic acids is 1. The molecule has 0 aromatic rings. The van der Waals surface area contributed by atoms with Crippen LogP contribution in [0, 0.1) is 0 Å². The topological polar surface area (TPSA) is 67.8 Å². The fraction of sp³-hybridized carbons (Fsp3) is 0.720. The van der Waals surface area contributed by atoms with E-state index < -0.39 is 6.72 Å². The van der Waals surface area contributed by atoms with Crippen molar-refractivity contribution in [3.8, 4) is 0 Å². The van der Waals surface area contributed by atoms with E-state index in [2.05, 4.69) is 48.7 Å². The summed E-state index contributed by atoms with van der Waals surface area (Å²) in [6.07, 6.45) is 27.9. The molecule has 0 heterocycles. The summed E-state index contributed by atoms with van der Waals surface area (Å²) in [6, 6.07) is 0. The van der Waals surface area contributed by atoms with Crippen LogP contribution >= 0.6 is 6.72 Å². The van der Waals surface area contributed by atoms with Crippen molar-refractivity contribution in [2.75, 3.05) is 20.3 Å². The van der Waals surface area contributed by atoms with Crippen LogP contribution in [0.15, 0.2) is 36.5 Å². The van der Waals surface area contributed by atoms with Crippen LogP contribution < -0.4 is 5.32 Å². The van der Waals surface area contributed by atoms with Crippen LogP contribution in [0.2, 0.25) is 0 Å². The molecule has 7 heteroatoms. The van der Waals surface area contributed by atoms with Crippen LogP contribution in [0.5, 0.6) is 0 Å². The van der Waals surface area contributed by atoms with Crippen LogP contribution in [0.4, 0.5) is 0 Å². The Hall–Kier alpha value is -0.780. The van der Waals surface area contributed by atoms with E-state index >= 15 is 0 Å². The van der Waals surface area contributed by atoms with Gasteiger partial charge in [-0.1, -0.05) is 75.5 Å². The Morgan fingerprint density at radius 3 is 2.19 bits per heavy atom. The van der Waals surface area contributed by atoms with Crippen molar-refractivity contribution in [1.82, 2.24) is 5.32 Å². The second kappa shape index (κ2) is 23.4. The normalized spacial score (nSPS) is 14.0. The van der Waals surface area contributed by atoms with Crippen molar-refractivity contribution < 1.29 is 18.7 Å². The highest BCUT2D eigenvalue weighted by Gasteiger charge is 2.10. The summed E-state index contributed by atoms with van der Waals surface area (Å²) in [5.41, 5.74) is 0. The molecule has 0 fully saturated rings. The summed E-state index contributed by atoms with van der Waals surface area (Å²) in [4.78, 5) is 21.3. The van der Waals surface area contributed by atoms with Gasteiger partial charge in [-0.05, 0) is 63.2 Å². The van der Waals surface area contributed by atoms with Gasteiger partial charge in [0.15, 0.2) is 0 Å². The Balaban J connectivity index is 3.35. The van der Waals surface area contributed by atoms with E-state index in [1.807, 2.05) is 0 Å². The second-order valence-electron chi connectivity index (χ2n) is 7.85. The summed E-state index contributed by atoms with van der Waals surface area (Å²) >= 11 is 4.76. The number of unbranched alkanes of at least 4 members (excludes halogenated alkanes) is 8. The largest absolute Gasteiger partial charge is 0.356 e. The summed E-state index contributed by atoms with van der Waals surface area (Å²) in [7, 11) is 1.36. The zero-order valence-electron chi connectivity index (χ0n) is 20.3. The molecule has 0 spiro atoms. The number of hydrogen-bond donors (Lipinski definition) is 2. The zero-order valence-corrected chi connectivity index (χ0v) is 22.0. The molecule has 0 rings (SSSR count). The Morgan fingerprint density at radius 1 is 0.875 bits per heavy atom. The van der Waals surface area contributed by atoms with Crippen LogP contribution in [0.3, 0.4) is 0 Å². The molecule has 32 heavy (non-hydrogen) atoms. The van der Waals surface area contributed by atoms with Crippen LogP contribution in [0.1, 0.15) is 96.8 Å². The summed E-state index contributed by atoms with van der Waals surface area (Å²) < 4.78 is 9.83. The molecule has 1 atom stereocenters. The number of nitrogens with one attached hydrogen (secondary N) is 1. The molecule has 0 saturated carbocycles. The third-order valence-corrected chi connectivity index (χ3v) is 6.67. The fourth-order valence-electron chi connectivity index (χ4n) is 3.03. The average molecular weight is 488 g/mol. The number of amides is 1. The highest BCUT2D eigenvalue weighted by molar-refractivity contribution is 8.07. The number of rotatable bonds is 22. The minimum absolute atomic E-state index is 0.163. The van der Waals surface area contributed by atoms with Crippen molar-refractivity contribution >= 4 is 24.4 Å². The average Bonchev–Trinajstić information content (AvgIpc) is 2.78. The van der Waals surface area contributed by atoms with Crippen molar-refractivity contribution in [2.45, 2.75) is 96.8 Å². The van der Waals surface area contributed by atoms with Gasteiger partial charge in [0, 0.05) is 20.1 Å². The molecule has 0 aliphatic carbocycles. The van der Waals surface area contributed by atoms with Gasteiger partial charge in [-0.3, -0.25) is 4.79 Å². The van der Waals surface area contributed by atoms with E-state index in [-0.39, 0.29) is 5.91 Å². The van der Waals surface area contributed by atoms with E-state index in [9.17, 15) is 9.69 Å². The van der Waals surface area contributed by atoms with Crippen molar-refractivity contribution in [1.29, 1.82) is 0 Å². The maximum absolute atomic E-state index is 11.9. The molecule has 0 aromatic carbocycles. The summed E-state index contributed by atoms with van der Waals surface area (Å²) in [5.74, 6) is 0.163. The van der Waals surface area contributed by atoms with Gasteiger partial charge in [0.05, 0.1) is 6.61 Å². The smallest absolute Gasteiger partial charge is 0.324 e. The Morgan fingerprint density at radius 2 is 1.47 bits per heavy atom. The minimum atomic E-state index is -3.01. The van der Waals surface area contributed by atoms with Crippen LogP contribution in [-0.4, -0.2) is 31.1 Å². The zero-order chi connectivity index (χ0) is 23.8. The SMILES string of the molecule is CC/C=C\C/C=C\C/C=C\CCCCCCCC(=O)NCCCCCCOP(O)(=S)OC. The van der Waals surface area contributed by atoms with Gasteiger partial charge in [-0.15, -0.1) is 0 Å². The minimum Gasteiger partial charge on any atom is -0.356 e. The molecule has 1 amide bonds. The maximum atomic E-state index is 11.9. The third kappa shape index (κ3) is 23.9.